The lowest BCUT2D eigenvalue weighted by Gasteiger charge is -2.14. The number of hydrogen-bond acceptors (Lipinski definition) is 2. The normalized spacial score (nSPS) is 12.6. The molecular weight excluding hydrogens is 200 g/mol. The second kappa shape index (κ2) is 10.9. The van der Waals surface area contributed by atoms with E-state index in [0.717, 1.165) is 32.2 Å². The van der Waals surface area contributed by atoms with Crippen molar-refractivity contribution in [2.45, 2.75) is 71.3 Å². The molecule has 0 aromatic heterocycles. The molecule has 0 bridgehead atoms. The van der Waals surface area contributed by atoms with E-state index < -0.39 is 0 Å². The summed E-state index contributed by atoms with van der Waals surface area (Å²) in [5.41, 5.74) is 5.36. The Balaban J connectivity index is 3.56. The number of hydrogen-bond donors (Lipinski definition) is 2. The van der Waals surface area contributed by atoms with Crippen LogP contribution in [0.15, 0.2) is 0 Å². The Hall–Kier alpha value is -0.570. The first kappa shape index (κ1) is 15.4. The molecule has 0 saturated heterocycles. The van der Waals surface area contributed by atoms with Crippen molar-refractivity contribution in [3.05, 3.63) is 0 Å². The third-order valence-electron chi connectivity index (χ3n) is 2.86. The third-order valence-corrected chi connectivity index (χ3v) is 2.86. The van der Waals surface area contributed by atoms with Crippen molar-refractivity contribution < 1.29 is 4.79 Å². The minimum atomic E-state index is -0.202. The van der Waals surface area contributed by atoms with E-state index in [1.165, 1.54) is 25.7 Å². The number of rotatable bonds is 11. The molecule has 0 heterocycles. The molecule has 0 spiro atoms. The zero-order valence-electron chi connectivity index (χ0n) is 10.9. The topological polar surface area (TPSA) is 55.1 Å². The molecule has 0 aliphatic heterocycles. The number of carbonyl (C=O) groups is 1. The van der Waals surface area contributed by atoms with Crippen LogP contribution in [0.25, 0.3) is 0 Å². The highest BCUT2D eigenvalue weighted by molar-refractivity contribution is 5.79. The number of unbranched alkanes of at least 4 members (excludes halogenated alkanes) is 5. The molecule has 0 aliphatic rings. The van der Waals surface area contributed by atoms with Crippen molar-refractivity contribution in [3.63, 3.8) is 0 Å². The Kier molecular flexibility index (Phi) is 10.5. The van der Waals surface area contributed by atoms with E-state index in [9.17, 15) is 4.79 Å². The van der Waals surface area contributed by atoms with Gasteiger partial charge in [-0.2, -0.15) is 0 Å². The van der Waals surface area contributed by atoms with E-state index >= 15 is 0 Å². The third kappa shape index (κ3) is 8.72. The van der Waals surface area contributed by atoms with Crippen LogP contribution in [-0.4, -0.2) is 18.5 Å². The Morgan fingerprint density at radius 1 is 1.06 bits per heavy atom. The van der Waals surface area contributed by atoms with Crippen LogP contribution in [0.5, 0.6) is 0 Å². The fraction of sp³-hybridized carbons (Fsp3) is 0.923. The molecule has 0 fully saturated rings. The van der Waals surface area contributed by atoms with Crippen molar-refractivity contribution in [1.29, 1.82) is 0 Å². The van der Waals surface area contributed by atoms with E-state index in [2.05, 4.69) is 19.2 Å². The quantitative estimate of drug-likeness (QED) is 0.534. The number of primary amides is 1. The van der Waals surface area contributed by atoms with Crippen LogP contribution in [0.4, 0.5) is 0 Å². The molecule has 1 unspecified atom stereocenters. The molecule has 3 nitrogen and oxygen atoms in total. The van der Waals surface area contributed by atoms with Crippen molar-refractivity contribution in [2.24, 2.45) is 5.73 Å². The molecule has 16 heavy (non-hydrogen) atoms. The maximum absolute atomic E-state index is 11.2. The van der Waals surface area contributed by atoms with Gasteiger partial charge in [-0.05, 0) is 19.4 Å². The van der Waals surface area contributed by atoms with E-state index in [1.54, 1.807) is 0 Å². The van der Waals surface area contributed by atoms with Gasteiger partial charge in [0.2, 0.25) is 5.91 Å². The van der Waals surface area contributed by atoms with Gasteiger partial charge in [0.05, 0.1) is 6.04 Å². The molecule has 1 amide bonds. The molecule has 0 radical (unpaired) electrons. The summed E-state index contributed by atoms with van der Waals surface area (Å²) in [5, 5.41) is 3.24. The first-order chi connectivity index (χ1) is 7.72. The zero-order valence-corrected chi connectivity index (χ0v) is 10.9. The van der Waals surface area contributed by atoms with Gasteiger partial charge in [-0.25, -0.2) is 0 Å². The van der Waals surface area contributed by atoms with Crippen LogP contribution in [0.1, 0.15) is 65.2 Å². The molecule has 0 aromatic carbocycles. The summed E-state index contributed by atoms with van der Waals surface area (Å²) in [5.74, 6) is -0.202. The van der Waals surface area contributed by atoms with Crippen LogP contribution < -0.4 is 11.1 Å². The highest BCUT2D eigenvalue weighted by Crippen LogP contribution is 2.07. The SMILES string of the molecule is CCCCCCCC(NCCCC)C(N)=O. The van der Waals surface area contributed by atoms with Gasteiger partial charge in [0.15, 0.2) is 0 Å². The minimum Gasteiger partial charge on any atom is -0.368 e. The maximum Gasteiger partial charge on any atom is 0.234 e. The van der Waals surface area contributed by atoms with Gasteiger partial charge >= 0.3 is 0 Å². The summed E-state index contributed by atoms with van der Waals surface area (Å²) in [7, 11) is 0. The van der Waals surface area contributed by atoms with Crippen LogP contribution in [0.2, 0.25) is 0 Å². The van der Waals surface area contributed by atoms with E-state index in [0.29, 0.717) is 0 Å². The molecule has 0 rings (SSSR count). The van der Waals surface area contributed by atoms with E-state index in [1.807, 2.05) is 0 Å². The molecule has 1 atom stereocenters. The summed E-state index contributed by atoms with van der Waals surface area (Å²) in [6.07, 6.45) is 9.30. The number of carbonyl (C=O) groups excluding carboxylic acids is 1. The summed E-state index contributed by atoms with van der Waals surface area (Å²) in [6.45, 7) is 5.25. The first-order valence-electron chi connectivity index (χ1n) is 6.75. The van der Waals surface area contributed by atoms with Gasteiger partial charge < -0.3 is 11.1 Å². The predicted octanol–water partition coefficient (Wildman–Crippen LogP) is 2.59. The van der Waals surface area contributed by atoms with E-state index in [-0.39, 0.29) is 11.9 Å². The summed E-state index contributed by atoms with van der Waals surface area (Å²) >= 11 is 0. The Morgan fingerprint density at radius 3 is 2.25 bits per heavy atom. The van der Waals surface area contributed by atoms with Crippen LogP contribution in [0, 0.1) is 0 Å². The molecule has 0 aliphatic carbocycles. The minimum absolute atomic E-state index is 0.117. The van der Waals surface area contributed by atoms with Gasteiger partial charge in [0.1, 0.15) is 0 Å². The molecule has 0 aromatic rings. The predicted molar refractivity (Wildman–Crippen MR) is 69.3 cm³/mol. The van der Waals surface area contributed by atoms with Gasteiger partial charge in [-0.3, -0.25) is 4.79 Å². The Labute approximate surface area is 100 Å². The van der Waals surface area contributed by atoms with Crippen LogP contribution in [0.3, 0.4) is 0 Å². The number of nitrogens with two attached hydrogens (primary N) is 1. The smallest absolute Gasteiger partial charge is 0.234 e. The second-order valence-electron chi connectivity index (χ2n) is 4.47. The second-order valence-corrected chi connectivity index (χ2v) is 4.47. The van der Waals surface area contributed by atoms with Crippen molar-refractivity contribution in [2.75, 3.05) is 6.54 Å². The average Bonchev–Trinajstić information content (AvgIpc) is 2.26. The maximum atomic E-state index is 11.2. The monoisotopic (exact) mass is 228 g/mol. The summed E-state index contributed by atoms with van der Waals surface area (Å²) < 4.78 is 0. The average molecular weight is 228 g/mol. The van der Waals surface area contributed by atoms with E-state index in [4.69, 9.17) is 5.73 Å². The fourth-order valence-corrected chi connectivity index (χ4v) is 1.75. The molecule has 3 heteroatoms. The molecule has 96 valence electrons. The lowest BCUT2D eigenvalue weighted by Crippen LogP contribution is -2.41. The van der Waals surface area contributed by atoms with Gasteiger partial charge in [-0.1, -0.05) is 52.4 Å². The van der Waals surface area contributed by atoms with Crippen LogP contribution in [-0.2, 0) is 4.79 Å². The van der Waals surface area contributed by atoms with Gasteiger partial charge in [0, 0.05) is 0 Å². The van der Waals surface area contributed by atoms with Crippen molar-refractivity contribution in [1.82, 2.24) is 5.32 Å². The van der Waals surface area contributed by atoms with Crippen LogP contribution >= 0.6 is 0 Å². The molecular formula is C13H28N2O. The first-order valence-corrected chi connectivity index (χ1v) is 6.75. The van der Waals surface area contributed by atoms with Gasteiger partial charge in [0.25, 0.3) is 0 Å². The molecule has 0 saturated carbocycles. The highest BCUT2D eigenvalue weighted by Gasteiger charge is 2.12. The zero-order chi connectivity index (χ0) is 12.2. The highest BCUT2D eigenvalue weighted by atomic mass is 16.1. The summed E-state index contributed by atoms with van der Waals surface area (Å²) in [6, 6.07) is -0.117. The molecule has 3 N–H and O–H groups in total. The number of amides is 1. The van der Waals surface area contributed by atoms with Crippen molar-refractivity contribution in [3.8, 4) is 0 Å². The summed E-state index contributed by atoms with van der Waals surface area (Å²) in [4.78, 5) is 11.2. The lowest BCUT2D eigenvalue weighted by atomic mass is 10.1. The number of nitrogens with one attached hydrogen (secondary N) is 1. The van der Waals surface area contributed by atoms with Crippen molar-refractivity contribution >= 4 is 5.91 Å². The lowest BCUT2D eigenvalue weighted by molar-refractivity contribution is -0.120. The largest absolute Gasteiger partial charge is 0.368 e. The Bertz CT molecular complexity index is 171. The fourth-order valence-electron chi connectivity index (χ4n) is 1.75. The standard InChI is InChI=1S/C13H28N2O/c1-3-5-7-8-9-10-12(13(14)16)15-11-6-4-2/h12,15H,3-11H2,1-2H3,(H2,14,16). The Morgan fingerprint density at radius 2 is 1.69 bits per heavy atom. The van der Waals surface area contributed by atoms with Gasteiger partial charge in [-0.15, -0.1) is 0 Å².